The van der Waals surface area contributed by atoms with E-state index in [4.69, 9.17) is 5.73 Å². The van der Waals surface area contributed by atoms with Crippen LogP contribution in [0.2, 0.25) is 0 Å². The molecule has 0 aromatic heterocycles. The molecular formula is C14H28N2. The highest BCUT2D eigenvalue weighted by Gasteiger charge is 2.33. The molecule has 2 aliphatic carbocycles. The van der Waals surface area contributed by atoms with E-state index in [1.54, 1.807) is 0 Å². The summed E-state index contributed by atoms with van der Waals surface area (Å²) in [6.07, 6.45) is 8.19. The lowest BCUT2D eigenvalue weighted by atomic mass is 9.95. The smallest absolute Gasteiger partial charge is 0.00793 e. The van der Waals surface area contributed by atoms with E-state index in [0.29, 0.717) is 6.04 Å². The van der Waals surface area contributed by atoms with Gasteiger partial charge in [0.2, 0.25) is 0 Å². The average Bonchev–Trinajstić information content (AvgIpc) is 2.94. The van der Waals surface area contributed by atoms with Gasteiger partial charge in [0.25, 0.3) is 0 Å². The van der Waals surface area contributed by atoms with Gasteiger partial charge in [-0.25, -0.2) is 0 Å². The Labute approximate surface area is 101 Å². The summed E-state index contributed by atoms with van der Waals surface area (Å²) in [5.41, 5.74) is 6.27. The minimum absolute atomic E-state index is 0.460. The summed E-state index contributed by atoms with van der Waals surface area (Å²) in [4.78, 5) is 2.53. The standard InChI is InChI=1S/C14H28N2/c1-11-8-13(11)10-16(2)9-12-6-4-3-5-7-14(12)15/h11-14H,3-10,15H2,1-2H3. The Bertz CT molecular complexity index is 217. The molecule has 2 fully saturated rings. The molecule has 0 spiro atoms. The van der Waals surface area contributed by atoms with Gasteiger partial charge in [-0.2, -0.15) is 0 Å². The second-order valence-corrected chi connectivity index (χ2v) is 6.26. The minimum atomic E-state index is 0.460. The largest absolute Gasteiger partial charge is 0.327 e. The first-order chi connectivity index (χ1) is 7.66. The van der Waals surface area contributed by atoms with E-state index < -0.39 is 0 Å². The van der Waals surface area contributed by atoms with Crippen molar-refractivity contribution in [1.82, 2.24) is 4.90 Å². The monoisotopic (exact) mass is 224 g/mol. The summed E-state index contributed by atoms with van der Waals surface area (Å²) >= 11 is 0. The van der Waals surface area contributed by atoms with Crippen molar-refractivity contribution >= 4 is 0 Å². The van der Waals surface area contributed by atoms with Crippen LogP contribution in [0.4, 0.5) is 0 Å². The third-order valence-corrected chi connectivity index (χ3v) is 4.59. The molecule has 2 heteroatoms. The van der Waals surface area contributed by atoms with Crippen LogP contribution in [0.15, 0.2) is 0 Å². The van der Waals surface area contributed by atoms with Gasteiger partial charge < -0.3 is 10.6 Å². The van der Waals surface area contributed by atoms with Crippen LogP contribution in [0.1, 0.15) is 45.4 Å². The van der Waals surface area contributed by atoms with E-state index in [9.17, 15) is 0 Å². The van der Waals surface area contributed by atoms with Crippen molar-refractivity contribution in [3.8, 4) is 0 Å². The fourth-order valence-electron chi connectivity index (χ4n) is 3.17. The Morgan fingerprint density at radius 2 is 1.69 bits per heavy atom. The summed E-state index contributed by atoms with van der Waals surface area (Å²) < 4.78 is 0. The molecule has 0 radical (unpaired) electrons. The normalized spacial score (nSPS) is 39.8. The highest BCUT2D eigenvalue weighted by atomic mass is 15.1. The Hall–Kier alpha value is -0.0800. The van der Waals surface area contributed by atoms with Gasteiger partial charge in [-0.05, 0) is 44.1 Å². The molecule has 2 N–H and O–H groups in total. The first-order valence-corrected chi connectivity index (χ1v) is 7.11. The lowest BCUT2D eigenvalue weighted by Crippen LogP contribution is -2.38. The zero-order valence-corrected chi connectivity index (χ0v) is 11.0. The van der Waals surface area contributed by atoms with Crippen molar-refractivity contribution < 1.29 is 0 Å². The number of hydrogen-bond acceptors (Lipinski definition) is 2. The van der Waals surface area contributed by atoms with Gasteiger partial charge in [0.05, 0.1) is 0 Å². The van der Waals surface area contributed by atoms with Gasteiger partial charge in [-0.3, -0.25) is 0 Å². The predicted molar refractivity (Wildman–Crippen MR) is 69.3 cm³/mol. The van der Waals surface area contributed by atoms with Gasteiger partial charge in [0, 0.05) is 19.1 Å². The number of rotatable bonds is 4. The van der Waals surface area contributed by atoms with Crippen LogP contribution in [-0.2, 0) is 0 Å². The molecular weight excluding hydrogens is 196 g/mol. The van der Waals surface area contributed by atoms with Crippen molar-refractivity contribution in [2.24, 2.45) is 23.5 Å². The Morgan fingerprint density at radius 1 is 1.06 bits per heavy atom. The lowest BCUT2D eigenvalue weighted by Gasteiger charge is -2.27. The molecule has 0 heterocycles. The second-order valence-electron chi connectivity index (χ2n) is 6.26. The molecule has 4 unspecified atom stereocenters. The topological polar surface area (TPSA) is 29.3 Å². The number of nitrogens with two attached hydrogens (primary N) is 1. The first kappa shape index (κ1) is 12.4. The fraction of sp³-hybridized carbons (Fsp3) is 1.00. The highest BCUT2D eigenvalue weighted by Crippen LogP contribution is 2.38. The van der Waals surface area contributed by atoms with Crippen molar-refractivity contribution in [1.29, 1.82) is 0 Å². The molecule has 2 rings (SSSR count). The van der Waals surface area contributed by atoms with E-state index in [1.807, 2.05) is 0 Å². The summed E-state index contributed by atoms with van der Waals surface area (Å²) in [6.45, 7) is 4.89. The van der Waals surface area contributed by atoms with Crippen LogP contribution in [0.25, 0.3) is 0 Å². The second kappa shape index (κ2) is 5.50. The van der Waals surface area contributed by atoms with Gasteiger partial charge in [-0.15, -0.1) is 0 Å². The third-order valence-electron chi connectivity index (χ3n) is 4.59. The average molecular weight is 224 g/mol. The predicted octanol–water partition coefficient (Wildman–Crippen LogP) is 2.48. The molecule has 2 saturated carbocycles. The van der Waals surface area contributed by atoms with Crippen molar-refractivity contribution in [2.45, 2.75) is 51.5 Å². The molecule has 0 aromatic rings. The van der Waals surface area contributed by atoms with E-state index in [-0.39, 0.29) is 0 Å². The molecule has 0 bridgehead atoms. The van der Waals surface area contributed by atoms with Crippen LogP contribution >= 0.6 is 0 Å². The quantitative estimate of drug-likeness (QED) is 0.743. The SMILES string of the molecule is CC1CC1CN(C)CC1CCCCCC1N. The summed E-state index contributed by atoms with van der Waals surface area (Å²) in [5, 5.41) is 0. The number of nitrogens with zero attached hydrogens (tertiary/aromatic N) is 1. The molecule has 16 heavy (non-hydrogen) atoms. The molecule has 94 valence electrons. The van der Waals surface area contributed by atoms with Gasteiger partial charge in [0.15, 0.2) is 0 Å². The summed E-state index contributed by atoms with van der Waals surface area (Å²) in [7, 11) is 2.28. The van der Waals surface area contributed by atoms with Crippen molar-refractivity contribution in [3.63, 3.8) is 0 Å². The Balaban J connectivity index is 1.73. The number of hydrogen-bond donors (Lipinski definition) is 1. The molecule has 4 atom stereocenters. The minimum Gasteiger partial charge on any atom is -0.327 e. The maximum Gasteiger partial charge on any atom is 0.00793 e. The zero-order chi connectivity index (χ0) is 11.5. The molecule has 0 saturated heterocycles. The molecule has 2 aliphatic rings. The van der Waals surface area contributed by atoms with Crippen LogP contribution in [0, 0.1) is 17.8 Å². The maximum absolute atomic E-state index is 6.27. The van der Waals surface area contributed by atoms with E-state index in [2.05, 4.69) is 18.9 Å². The zero-order valence-electron chi connectivity index (χ0n) is 11.0. The maximum atomic E-state index is 6.27. The van der Waals surface area contributed by atoms with E-state index >= 15 is 0 Å². The van der Waals surface area contributed by atoms with E-state index in [1.165, 1.54) is 51.6 Å². The molecule has 2 nitrogen and oxygen atoms in total. The van der Waals surface area contributed by atoms with Gasteiger partial charge >= 0.3 is 0 Å². The van der Waals surface area contributed by atoms with Gasteiger partial charge in [-0.1, -0.05) is 26.2 Å². The van der Waals surface area contributed by atoms with E-state index in [0.717, 1.165) is 17.8 Å². The van der Waals surface area contributed by atoms with Crippen molar-refractivity contribution in [2.75, 3.05) is 20.1 Å². The van der Waals surface area contributed by atoms with Crippen molar-refractivity contribution in [3.05, 3.63) is 0 Å². The molecule has 0 aromatic carbocycles. The van der Waals surface area contributed by atoms with Crippen LogP contribution in [0.5, 0.6) is 0 Å². The summed E-state index contributed by atoms with van der Waals surface area (Å²) in [6, 6.07) is 0.460. The highest BCUT2D eigenvalue weighted by molar-refractivity contribution is 4.86. The van der Waals surface area contributed by atoms with Gasteiger partial charge in [0.1, 0.15) is 0 Å². The lowest BCUT2D eigenvalue weighted by molar-refractivity contribution is 0.233. The summed E-state index contributed by atoms with van der Waals surface area (Å²) in [5.74, 6) is 2.71. The Morgan fingerprint density at radius 3 is 2.38 bits per heavy atom. The Kier molecular flexibility index (Phi) is 4.26. The third kappa shape index (κ3) is 3.46. The molecule has 0 aliphatic heterocycles. The fourth-order valence-corrected chi connectivity index (χ4v) is 3.17. The van der Waals surface area contributed by atoms with Crippen LogP contribution in [-0.4, -0.2) is 31.1 Å². The first-order valence-electron chi connectivity index (χ1n) is 7.11. The van der Waals surface area contributed by atoms with Crippen LogP contribution in [0.3, 0.4) is 0 Å². The van der Waals surface area contributed by atoms with Crippen LogP contribution < -0.4 is 5.73 Å². The molecule has 0 amide bonds.